The van der Waals surface area contributed by atoms with Crippen LogP contribution in [0.4, 0.5) is 11.4 Å². The molecule has 0 radical (unpaired) electrons. The lowest BCUT2D eigenvalue weighted by Gasteiger charge is -2.19. The van der Waals surface area contributed by atoms with Gasteiger partial charge in [0.05, 0.1) is 15.5 Å². The number of amides is 1. The van der Waals surface area contributed by atoms with Crippen LogP contribution in [-0.4, -0.2) is 26.9 Å². The summed E-state index contributed by atoms with van der Waals surface area (Å²) in [6.45, 7) is 6.20. The fourth-order valence-electron chi connectivity index (χ4n) is 3.50. The van der Waals surface area contributed by atoms with E-state index in [1.54, 1.807) is 17.0 Å². The molecule has 0 aliphatic carbocycles. The molecule has 3 aromatic carbocycles. The Kier molecular flexibility index (Phi) is 7.31. The van der Waals surface area contributed by atoms with Gasteiger partial charge in [-0.15, -0.1) is 0 Å². The lowest BCUT2D eigenvalue weighted by molar-refractivity contribution is -0.384. The van der Waals surface area contributed by atoms with E-state index in [1.807, 2.05) is 75.4 Å². The van der Waals surface area contributed by atoms with Crippen molar-refractivity contribution in [3.05, 3.63) is 105 Å². The van der Waals surface area contributed by atoms with Crippen LogP contribution in [0, 0.1) is 17.0 Å². The smallest absolute Gasteiger partial charge is 0.269 e. The van der Waals surface area contributed by atoms with Crippen LogP contribution in [0.2, 0.25) is 0 Å². The number of nitrogens with zero attached hydrogens (tertiary/aromatic N) is 3. The van der Waals surface area contributed by atoms with Gasteiger partial charge in [-0.25, -0.2) is 4.99 Å². The number of para-hydroxylation sites is 1. The van der Waals surface area contributed by atoms with Gasteiger partial charge in [0.2, 0.25) is 0 Å². The number of non-ortho nitro benzene ring substituents is 1. The Morgan fingerprint density at radius 3 is 2.40 bits per heavy atom. The maximum atomic E-state index is 13.2. The minimum atomic E-state index is -0.431. The Balaban J connectivity index is 1.57. The van der Waals surface area contributed by atoms with E-state index in [1.165, 1.54) is 23.9 Å². The van der Waals surface area contributed by atoms with Crippen LogP contribution in [0.15, 0.2) is 82.7 Å². The summed E-state index contributed by atoms with van der Waals surface area (Å²) in [6.07, 6.45) is 1.82. The molecule has 178 valence electrons. The maximum Gasteiger partial charge on any atom is 0.269 e. The lowest BCUT2D eigenvalue weighted by Crippen LogP contribution is -2.35. The molecule has 35 heavy (non-hydrogen) atoms. The van der Waals surface area contributed by atoms with Crippen LogP contribution in [0.1, 0.15) is 30.5 Å². The summed E-state index contributed by atoms with van der Waals surface area (Å²) in [5, 5.41) is 11.5. The zero-order chi connectivity index (χ0) is 24.9. The summed E-state index contributed by atoms with van der Waals surface area (Å²) in [4.78, 5) is 30.7. The van der Waals surface area contributed by atoms with Crippen molar-refractivity contribution in [2.45, 2.75) is 33.4 Å². The Bertz CT molecular complexity index is 1300. The number of rotatable bonds is 7. The van der Waals surface area contributed by atoms with Crippen molar-refractivity contribution >= 4 is 40.3 Å². The second kappa shape index (κ2) is 10.6. The van der Waals surface area contributed by atoms with Gasteiger partial charge >= 0.3 is 0 Å². The summed E-state index contributed by atoms with van der Waals surface area (Å²) in [7, 11) is 0. The molecule has 0 aromatic heterocycles. The van der Waals surface area contributed by atoms with E-state index in [-0.39, 0.29) is 24.2 Å². The van der Waals surface area contributed by atoms with Gasteiger partial charge < -0.3 is 4.74 Å². The molecule has 1 heterocycles. The van der Waals surface area contributed by atoms with Crippen LogP contribution in [-0.2, 0) is 11.4 Å². The molecule has 0 bridgehead atoms. The molecular weight excluding hydrogens is 462 g/mol. The Labute approximate surface area is 208 Å². The van der Waals surface area contributed by atoms with Crippen LogP contribution < -0.4 is 4.74 Å². The third kappa shape index (κ3) is 5.78. The number of ether oxygens (including phenoxy) is 1. The number of aliphatic imine (C=N–C) groups is 1. The first-order chi connectivity index (χ1) is 16.8. The minimum Gasteiger partial charge on any atom is -0.488 e. The standard InChI is InChI=1S/C27H25N3O4S/c1-18(2)29-26(31)25(35-27(29)28-22-12-8-19(3)9-13-22)16-21-6-4-5-7-24(21)34-17-20-10-14-23(15-11-20)30(32)33/h4-16,18H,17H2,1-3H3/b25-16+,28-27?. The summed E-state index contributed by atoms with van der Waals surface area (Å²) < 4.78 is 6.00. The predicted octanol–water partition coefficient (Wildman–Crippen LogP) is 6.49. The number of nitro groups is 1. The highest BCUT2D eigenvalue weighted by Gasteiger charge is 2.35. The highest BCUT2D eigenvalue weighted by Crippen LogP contribution is 2.36. The van der Waals surface area contributed by atoms with Gasteiger partial charge in [-0.2, -0.15) is 0 Å². The molecule has 0 N–H and O–H groups in total. The van der Waals surface area contributed by atoms with Crippen LogP contribution in [0.5, 0.6) is 5.75 Å². The van der Waals surface area contributed by atoms with Crippen molar-refractivity contribution in [1.29, 1.82) is 0 Å². The van der Waals surface area contributed by atoms with Gasteiger partial charge in [-0.05, 0) is 74.5 Å². The number of thioether (sulfide) groups is 1. The van der Waals surface area contributed by atoms with Gasteiger partial charge in [-0.1, -0.05) is 35.9 Å². The van der Waals surface area contributed by atoms with Crippen LogP contribution in [0.25, 0.3) is 6.08 Å². The molecule has 0 unspecified atom stereocenters. The van der Waals surface area contributed by atoms with Gasteiger partial charge in [-0.3, -0.25) is 19.8 Å². The first kappa shape index (κ1) is 24.2. The first-order valence-corrected chi connectivity index (χ1v) is 12.0. The zero-order valence-corrected chi connectivity index (χ0v) is 20.5. The first-order valence-electron chi connectivity index (χ1n) is 11.2. The number of hydrogen-bond donors (Lipinski definition) is 0. The van der Waals surface area contributed by atoms with Crippen molar-refractivity contribution in [1.82, 2.24) is 4.90 Å². The molecule has 1 saturated heterocycles. The van der Waals surface area contributed by atoms with E-state index in [9.17, 15) is 14.9 Å². The predicted molar refractivity (Wildman–Crippen MR) is 140 cm³/mol. The molecule has 3 aromatic rings. The third-order valence-corrected chi connectivity index (χ3v) is 6.34. The fourth-order valence-corrected chi connectivity index (χ4v) is 4.61. The highest BCUT2D eigenvalue weighted by atomic mass is 32.2. The van der Waals surface area contributed by atoms with E-state index in [0.29, 0.717) is 15.8 Å². The lowest BCUT2D eigenvalue weighted by atomic mass is 10.1. The average Bonchev–Trinajstić information content (AvgIpc) is 3.14. The second-order valence-corrected chi connectivity index (χ2v) is 9.37. The highest BCUT2D eigenvalue weighted by molar-refractivity contribution is 8.18. The Morgan fingerprint density at radius 1 is 1.06 bits per heavy atom. The number of benzene rings is 3. The van der Waals surface area contributed by atoms with Crippen molar-refractivity contribution in [3.63, 3.8) is 0 Å². The number of carbonyl (C=O) groups excluding carboxylic acids is 1. The molecule has 1 aliphatic rings. The Hall–Kier alpha value is -3.91. The van der Waals surface area contributed by atoms with Gasteiger partial charge in [0, 0.05) is 23.7 Å². The van der Waals surface area contributed by atoms with Gasteiger partial charge in [0.25, 0.3) is 11.6 Å². The largest absolute Gasteiger partial charge is 0.488 e. The minimum absolute atomic E-state index is 0.0356. The average molecular weight is 488 g/mol. The van der Waals surface area contributed by atoms with E-state index in [4.69, 9.17) is 9.73 Å². The van der Waals surface area contributed by atoms with Crippen LogP contribution >= 0.6 is 11.8 Å². The number of amidine groups is 1. The van der Waals surface area contributed by atoms with Gasteiger partial charge in [0.15, 0.2) is 5.17 Å². The summed E-state index contributed by atoms with van der Waals surface area (Å²) in [6, 6.07) is 21.6. The molecule has 8 heteroatoms. The number of carbonyl (C=O) groups is 1. The van der Waals surface area contributed by atoms with Crippen molar-refractivity contribution < 1.29 is 14.5 Å². The Morgan fingerprint density at radius 2 is 1.74 bits per heavy atom. The van der Waals surface area contributed by atoms with E-state index >= 15 is 0 Å². The monoisotopic (exact) mass is 487 g/mol. The van der Waals surface area contributed by atoms with Crippen molar-refractivity contribution in [3.8, 4) is 5.75 Å². The summed E-state index contributed by atoms with van der Waals surface area (Å²) in [5.41, 5.74) is 3.56. The molecule has 1 aliphatic heterocycles. The normalized spacial score (nSPS) is 15.9. The number of nitro benzene ring substituents is 1. The maximum absolute atomic E-state index is 13.2. The van der Waals surface area contributed by atoms with E-state index in [0.717, 1.165) is 22.4 Å². The molecule has 1 fully saturated rings. The van der Waals surface area contributed by atoms with E-state index < -0.39 is 4.92 Å². The molecule has 0 atom stereocenters. The molecule has 7 nitrogen and oxygen atoms in total. The fraction of sp³-hybridized carbons (Fsp3) is 0.185. The third-order valence-electron chi connectivity index (χ3n) is 5.36. The van der Waals surface area contributed by atoms with Crippen LogP contribution in [0.3, 0.4) is 0 Å². The molecule has 4 rings (SSSR count). The molecule has 0 spiro atoms. The summed E-state index contributed by atoms with van der Waals surface area (Å²) in [5.74, 6) is 0.521. The quantitative estimate of drug-likeness (QED) is 0.216. The molecular formula is C27H25N3O4S. The zero-order valence-electron chi connectivity index (χ0n) is 19.7. The summed E-state index contributed by atoms with van der Waals surface area (Å²) >= 11 is 1.34. The number of hydrogen-bond acceptors (Lipinski definition) is 6. The van der Waals surface area contributed by atoms with Crippen molar-refractivity contribution in [2.24, 2.45) is 4.99 Å². The van der Waals surface area contributed by atoms with Crippen molar-refractivity contribution in [2.75, 3.05) is 0 Å². The molecule has 1 amide bonds. The number of aryl methyl sites for hydroxylation is 1. The van der Waals surface area contributed by atoms with Gasteiger partial charge in [0.1, 0.15) is 12.4 Å². The van der Waals surface area contributed by atoms with E-state index in [2.05, 4.69) is 0 Å². The second-order valence-electron chi connectivity index (χ2n) is 8.36. The molecule has 0 saturated carbocycles. The SMILES string of the molecule is Cc1ccc(N=C2S/C(=C/c3ccccc3OCc3ccc([N+](=O)[O-])cc3)C(=O)N2C(C)C)cc1. The topological polar surface area (TPSA) is 85.0 Å².